The Bertz CT molecular complexity index is 375. The van der Waals surface area contributed by atoms with Gasteiger partial charge in [-0.25, -0.2) is 18.4 Å². The predicted octanol–water partition coefficient (Wildman–Crippen LogP) is -0.989. The van der Waals surface area contributed by atoms with Crippen molar-refractivity contribution in [1.29, 1.82) is 0 Å². The Hall–Kier alpha value is -0.860. The van der Waals surface area contributed by atoms with Crippen molar-refractivity contribution in [1.82, 2.24) is 15.1 Å². The number of primary sulfonamides is 1. The lowest BCUT2D eigenvalue weighted by Gasteiger charge is -2.34. The number of nitrogens with two attached hydrogens (primary N) is 1. The standard InChI is InChI=1S/C10H22N4O3S/c1-13(2)10(15)14-6-3-9(4-7-14)12-5-8-18(11,16)17/h9,12H,3-8H2,1-2H3,(H2,11,16,17). The van der Waals surface area contributed by atoms with E-state index in [0.717, 1.165) is 12.8 Å². The van der Waals surface area contributed by atoms with Gasteiger partial charge in [-0.2, -0.15) is 0 Å². The smallest absolute Gasteiger partial charge is 0.319 e. The fraction of sp³-hybridized carbons (Fsp3) is 0.900. The number of likely N-dealkylation sites (tertiary alicyclic amines) is 1. The van der Waals surface area contributed by atoms with Gasteiger partial charge in [-0.15, -0.1) is 0 Å². The minimum atomic E-state index is -3.39. The number of carbonyl (C=O) groups excluding carboxylic acids is 1. The second-order valence-electron chi connectivity index (χ2n) is 4.76. The average Bonchev–Trinajstić information content (AvgIpc) is 2.27. The first-order valence-electron chi connectivity index (χ1n) is 5.99. The van der Waals surface area contributed by atoms with Crippen LogP contribution in [0, 0.1) is 0 Å². The molecule has 106 valence electrons. The van der Waals surface area contributed by atoms with Gasteiger partial charge < -0.3 is 15.1 Å². The number of rotatable bonds is 4. The summed E-state index contributed by atoms with van der Waals surface area (Å²) < 4.78 is 21.5. The summed E-state index contributed by atoms with van der Waals surface area (Å²) in [6.45, 7) is 1.76. The van der Waals surface area contributed by atoms with Crippen molar-refractivity contribution < 1.29 is 13.2 Å². The fourth-order valence-corrected chi connectivity index (χ4v) is 2.37. The maximum atomic E-state index is 11.7. The summed E-state index contributed by atoms with van der Waals surface area (Å²) in [5.74, 6) is -0.0517. The van der Waals surface area contributed by atoms with Crippen molar-refractivity contribution in [3.8, 4) is 0 Å². The normalized spacial score (nSPS) is 17.8. The van der Waals surface area contributed by atoms with Gasteiger partial charge in [0.1, 0.15) is 0 Å². The predicted molar refractivity (Wildman–Crippen MR) is 69.7 cm³/mol. The third kappa shape index (κ3) is 5.19. The Morgan fingerprint density at radius 1 is 1.39 bits per heavy atom. The fourth-order valence-electron chi connectivity index (χ4n) is 1.96. The Labute approximate surface area is 108 Å². The van der Waals surface area contributed by atoms with Crippen LogP contribution in [-0.2, 0) is 10.0 Å². The van der Waals surface area contributed by atoms with Crippen LogP contribution in [0.15, 0.2) is 0 Å². The van der Waals surface area contributed by atoms with Crippen LogP contribution in [0.1, 0.15) is 12.8 Å². The van der Waals surface area contributed by atoms with E-state index in [9.17, 15) is 13.2 Å². The lowest BCUT2D eigenvalue weighted by atomic mass is 10.1. The SMILES string of the molecule is CN(C)C(=O)N1CCC(NCCS(N)(=O)=O)CC1. The molecule has 0 saturated carbocycles. The van der Waals surface area contributed by atoms with E-state index in [0.29, 0.717) is 19.6 Å². The second-order valence-corrected chi connectivity index (χ2v) is 6.49. The number of hydrogen-bond donors (Lipinski definition) is 2. The molecule has 0 bridgehead atoms. The van der Waals surface area contributed by atoms with Crippen LogP contribution < -0.4 is 10.5 Å². The Balaban J connectivity index is 2.25. The Morgan fingerprint density at radius 3 is 2.39 bits per heavy atom. The van der Waals surface area contributed by atoms with Crippen molar-refractivity contribution in [3.05, 3.63) is 0 Å². The number of nitrogens with zero attached hydrogens (tertiary/aromatic N) is 2. The van der Waals surface area contributed by atoms with Gasteiger partial charge in [-0.3, -0.25) is 0 Å². The monoisotopic (exact) mass is 278 g/mol. The van der Waals surface area contributed by atoms with Crippen molar-refractivity contribution >= 4 is 16.1 Å². The summed E-state index contributed by atoms with van der Waals surface area (Å²) in [5.41, 5.74) is 0. The van der Waals surface area contributed by atoms with Crippen LogP contribution >= 0.6 is 0 Å². The van der Waals surface area contributed by atoms with E-state index >= 15 is 0 Å². The van der Waals surface area contributed by atoms with Crippen LogP contribution in [-0.4, -0.2) is 69.8 Å². The molecule has 0 radical (unpaired) electrons. The number of piperidine rings is 1. The molecule has 1 rings (SSSR count). The van der Waals surface area contributed by atoms with Gasteiger partial charge in [0.2, 0.25) is 10.0 Å². The number of carbonyl (C=O) groups is 1. The first kappa shape index (κ1) is 15.2. The van der Waals surface area contributed by atoms with Crippen molar-refractivity contribution in [2.75, 3.05) is 39.5 Å². The lowest BCUT2D eigenvalue weighted by Crippen LogP contribution is -2.48. The second kappa shape index (κ2) is 6.35. The van der Waals surface area contributed by atoms with E-state index in [1.165, 1.54) is 0 Å². The molecule has 18 heavy (non-hydrogen) atoms. The first-order chi connectivity index (χ1) is 8.29. The maximum Gasteiger partial charge on any atom is 0.319 e. The molecule has 0 spiro atoms. The van der Waals surface area contributed by atoms with Crippen LogP contribution in [0.2, 0.25) is 0 Å². The minimum absolute atomic E-state index is 0.0259. The van der Waals surface area contributed by atoms with Gasteiger partial charge in [-0.05, 0) is 12.8 Å². The first-order valence-corrected chi connectivity index (χ1v) is 7.71. The summed E-state index contributed by atoms with van der Waals surface area (Å²) in [4.78, 5) is 15.1. The van der Waals surface area contributed by atoms with E-state index in [2.05, 4.69) is 5.32 Å². The van der Waals surface area contributed by atoms with Gasteiger partial charge in [0, 0.05) is 39.8 Å². The van der Waals surface area contributed by atoms with Crippen molar-refractivity contribution in [2.45, 2.75) is 18.9 Å². The zero-order valence-corrected chi connectivity index (χ0v) is 11.7. The van der Waals surface area contributed by atoms with E-state index in [1.54, 1.807) is 23.9 Å². The molecule has 1 heterocycles. The molecule has 0 aromatic carbocycles. The van der Waals surface area contributed by atoms with Gasteiger partial charge >= 0.3 is 6.03 Å². The summed E-state index contributed by atoms with van der Waals surface area (Å²) in [5, 5.41) is 8.08. The molecule has 0 aliphatic carbocycles. The number of amides is 2. The number of sulfonamides is 1. The molecular formula is C10H22N4O3S. The van der Waals surface area contributed by atoms with Gasteiger partial charge in [-0.1, -0.05) is 0 Å². The molecule has 1 saturated heterocycles. The van der Waals surface area contributed by atoms with Gasteiger partial charge in [0.05, 0.1) is 5.75 Å². The number of urea groups is 1. The number of nitrogens with one attached hydrogen (secondary N) is 1. The molecule has 1 fully saturated rings. The molecule has 0 aromatic rings. The third-order valence-corrected chi connectivity index (χ3v) is 3.74. The molecule has 0 atom stereocenters. The van der Waals surface area contributed by atoms with Crippen molar-refractivity contribution in [3.63, 3.8) is 0 Å². The highest BCUT2D eigenvalue weighted by Gasteiger charge is 2.23. The summed E-state index contributed by atoms with van der Waals surface area (Å²) >= 11 is 0. The topological polar surface area (TPSA) is 95.7 Å². The number of hydrogen-bond acceptors (Lipinski definition) is 4. The van der Waals surface area contributed by atoms with Crippen LogP contribution in [0.4, 0.5) is 4.79 Å². The van der Waals surface area contributed by atoms with E-state index < -0.39 is 10.0 Å². The molecule has 8 heteroatoms. The summed E-state index contributed by atoms with van der Waals surface area (Å²) in [7, 11) is 0.0757. The Kier molecular flexibility index (Phi) is 5.36. The Morgan fingerprint density at radius 2 is 1.94 bits per heavy atom. The molecule has 1 aliphatic heterocycles. The highest BCUT2D eigenvalue weighted by atomic mass is 32.2. The third-order valence-electron chi connectivity index (χ3n) is 2.97. The molecule has 0 unspecified atom stereocenters. The molecular weight excluding hydrogens is 256 g/mol. The molecule has 3 N–H and O–H groups in total. The van der Waals surface area contributed by atoms with E-state index in [1.807, 2.05) is 0 Å². The zero-order valence-electron chi connectivity index (χ0n) is 10.9. The van der Waals surface area contributed by atoms with E-state index in [-0.39, 0.29) is 17.8 Å². The van der Waals surface area contributed by atoms with Crippen LogP contribution in [0.5, 0.6) is 0 Å². The molecule has 1 aliphatic rings. The van der Waals surface area contributed by atoms with E-state index in [4.69, 9.17) is 5.14 Å². The molecule has 7 nitrogen and oxygen atoms in total. The van der Waals surface area contributed by atoms with Crippen molar-refractivity contribution in [2.24, 2.45) is 5.14 Å². The highest BCUT2D eigenvalue weighted by molar-refractivity contribution is 7.89. The molecule has 2 amide bonds. The maximum absolute atomic E-state index is 11.7. The highest BCUT2D eigenvalue weighted by Crippen LogP contribution is 2.11. The van der Waals surface area contributed by atoms with Gasteiger partial charge in [0.15, 0.2) is 0 Å². The summed E-state index contributed by atoms with van der Waals surface area (Å²) in [6.07, 6.45) is 1.67. The quantitative estimate of drug-likeness (QED) is 0.690. The average molecular weight is 278 g/mol. The van der Waals surface area contributed by atoms with Crippen LogP contribution in [0.25, 0.3) is 0 Å². The lowest BCUT2D eigenvalue weighted by molar-refractivity contribution is 0.153. The largest absolute Gasteiger partial charge is 0.331 e. The van der Waals surface area contributed by atoms with Gasteiger partial charge in [0.25, 0.3) is 0 Å². The molecule has 0 aromatic heterocycles. The zero-order chi connectivity index (χ0) is 13.8. The summed E-state index contributed by atoms with van der Waals surface area (Å²) in [6, 6.07) is 0.288. The minimum Gasteiger partial charge on any atom is -0.331 e. The van der Waals surface area contributed by atoms with Crippen LogP contribution in [0.3, 0.4) is 0 Å².